The summed E-state index contributed by atoms with van der Waals surface area (Å²) >= 11 is 0. The quantitative estimate of drug-likeness (QED) is 0.179. The zero-order chi connectivity index (χ0) is 32.5. The molecule has 11 aromatic rings. The van der Waals surface area contributed by atoms with Crippen LogP contribution in [0.25, 0.3) is 110 Å². The molecule has 2 heterocycles. The number of para-hydroxylation sites is 2. The van der Waals surface area contributed by atoms with Crippen LogP contribution in [0.1, 0.15) is 0 Å². The molecule has 2 nitrogen and oxygen atoms in total. The Morgan fingerprint density at radius 2 is 0.860 bits per heavy atom. The van der Waals surface area contributed by atoms with Crippen LogP contribution < -0.4 is 0 Å². The maximum Gasteiger partial charge on any atom is 0.0648 e. The Kier molecular flexibility index (Phi) is 5.00. The van der Waals surface area contributed by atoms with E-state index in [4.69, 9.17) is 0 Å². The zero-order valence-electron chi connectivity index (χ0n) is 27.1. The van der Waals surface area contributed by atoms with Gasteiger partial charge in [-0.05, 0) is 74.1 Å². The molecule has 230 valence electrons. The molecule has 0 atom stereocenters. The van der Waals surface area contributed by atoms with Gasteiger partial charge in [-0.1, -0.05) is 140 Å². The summed E-state index contributed by atoms with van der Waals surface area (Å²) in [7, 11) is 0. The highest BCUT2D eigenvalue weighted by Crippen LogP contribution is 2.50. The topological polar surface area (TPSA) is 9.86 Å². The molecule has 1 aliphatic carbocycles. The van der Waals surface area contributed by atoms with E-state index in [1.807, 2.05) is 0 Å². The summed E-state index contributed by atoms with van der Waals surface area (Å²) in [6.45, 7) is 0. The molecule has 9 aromatic carbocycles. The third-order valence-electron chi connectivity index (χ3n) is 11.2. The van der Waals surface area contributed by atoms with Gasteiger partial charge in [0.15, 0.2) is 0 Å². The Balaban J connectivity index is 1.33. The van der Waals surface area contributed by atoms with Gasteiger partial charge in [-0.2, -0.15) is 0 Å². The number of hydrogen-bond acceptors (Lipinski definition) is 0. The molecular formula is C48H28N2. The number of fused-ring (bicyclic) bond motifs is 14. The lowest BCUT2D eigenvalue weighted by Gasteiger charge is -2.15. The van der Waals surface area contributed by atoms with Crippen molar-refractivity contribution in [3.63, 3.8) is 0 Å². The molecule has 0 radical (unpaired) electrons. The second kappa shape index (κ2) is 9.49. The summed E-state index contributed by atoms with van der Waals surface area (Å²) in [5, 5.41) is 12.7. The molecule has 0 bridgehead atoms. The molecule has 0 saturated carbocycles. The van der Waals surface area contributed by atoms with Crippen LogP contribution in [-0.4, -0.2) is 9.13 Å². The SMILES string of the molecule is c1ccc2c(c1)-c1cccc3cc(-n4c5ccccc5c5c4c4ccccc4c4c6ccccc6n(-c6cccc7ccccc67)c45)cc-2c13. The molecule has 2 aromatic heterocycles. The smallest absolute Gasteiger partial charge is 0.0648 e. The van der Waals surface area contributed by atoms with Gasteiger partial charge in [0, 0.05) is 38.0 Å². The van der Waals surface area contributed by atoms with Crippen LogP contribution in [0.2, 0.25) is 0 Å². The first-order chi connectivity index (χ1) is 24.8. The van der Waals surface area contributed by atoms with Crippen LogP contribution in [0, 0.1) is 0 Å². The van der Waals surface area contributed by atoms with Crippen molar-refractivity contribution in [1.29, 1.82) is 0 Å². The predicted octanol–water partition coefficient (Wildman–Crippen LogP) is 13.0. The van der Waals surface area contributed by atoms with Crippen LogP contribution in [0.3, 0.4) is 0 Å². The van der Waals surface area contributed by atoms with Crippen molar-refractivity contribution in [2.24, 2.45) is 0 Å². The summed E-state index contributed by atoms with van der Waals surface area (Å²) in [5.74, 6) is 0. The highest BCUT2D eigenvalue weighted by molar-refractivity contribution is 6.37. The van der Waals surface area contributed by atoms with E-state index in [0.29, 0.717) is 0 Å². The maximum atomic E-state index is 2.54. The van der Waals surface area contributed by atoms with Gasteiger partial charge < -0.3 is 9.13 Å². The number of hydrogen-bond donors (Lipinski definition) is 0. The van der Waals surface area contributed by atoms with Crippen molar-refractivity contribution in [3.8, 4) is 33.6 Å². The standard InChI is InChI=1S/C48H28N2/c1-2-16-32-29(13-1)14-12-26-41(32)50-43-25-10-7-21-38(43)45-36-19-5-6-20-37(36)47-46(48(45)50)39-22-8-9-24-42(39)49(47)31-27-30-15-11-23-35-33-17-3-4-18-34(33)40(28-31)44(30)35/h1-28H. The summed E-state index contributed by atoms with van der Waals surface area (Å²) in [6.07, 6.45) is 0. The lowest BCUT2D eigenvalue weighted by molar-refractivity contribution is 1.19. The van der Waals surface area contributed by atoms with Gasteiger partial charge in [0.25, 0.3) is 0 Å². The Labute approximate surface area is 287 Å². The number of aromatic nitrogens is 2. The lowest BCUT2D eigenvalue weighted by atomic mass is 9.99. The Bertz CT molecular complexity index is 3260. The molecule has 0 spiro atoms. The molecule has 0 fully saturated rings. The molecule has 50 heavy (non-hydrogen) atoms. The van der Waals surface area contributed by atoms with Gasteiger partial charge in [-0.3, -0.25) is 0 Å². The van der Waals surface area contributed by atoms with Gasteiger partial charge in [-0.15, -0.1) is 0 Å². The molecule has 0 N–H and O–H groups in total. The van der Waals surface area contributed by atoms with Crippen LogP contribution in [0.5, 0.6) is 0 Å². The fraction of sp³-hybridized carbons (Fsp3) is 0. The third-order valence-corrected chi connectivity index (χ3v) is 11.2. The van der Waals surface area contributed by atoms with Crippen molar-refractivity contribution in [3.05, 3.63) is 170 Å². The molecule has 12 rings (SSSR count). The van der Waals surface area contributed by atoms with E-state index in [-0.39, 0.29) is 0 Å². The van der Waals surface area contributed by atoms with Crippen LogP contribution in [0.15, 0.2) is 170 Å². The average molecular weight is 633 g/mol. The summed E-state index contributed by atoms with van der Waals surface area (Å²) in [6, 6.07) is 62.9. The average Bonchev–Trinajstić information content (AvgIpc) is 3.82. The number of benzene rings is 9. The number of rotatable bonds is 2. The minimum Gasteiger partial charge on any atom is -0.308 e. The van der Waals surface area contributed by atoms with Gasteiger partial charge in [0.05, 0.1) is 27.8 Å². The van der Waals surface area contributed by atoms with Crippen molar-refractivity contribution in [2.45, 2.75) is 0 Å². The molecule has 2 heteroatoms. The van der Waals surface area contributed by atoms with Gasteiger partial charge in [-0.25, -0.2) is 0 Å². The lowest BCUT2D eigenvalue weighted by Crippen LogP contribution is -1.97. The van der Waals surface area contributed by atoms with Crippen LogP contribution in [-0.2, 0) is 0 Å². The fourth-order valence-corrected chi connectivity index (χ4v) is 9.24. The second-order valence-corrected chi connectivity index (χ2v) is 13.6. The van der Waals surface area contributed by atoms with Crippen LogP contribution in [0.4, 0.5) is 0 Å². The Morgan fingerprint density at radius 1 is 0.300 bits per heavy atom. The molecule has 0 aliphatic heterocycles. The van der Waals surface area contributed by atoms with Crippen LogP contribution >= 0.6 is 0 Å². The van der Waals surface area contributed by atoms with E-state index in [2.05, 4.69) is 179 Å². The van der Waals surface area contributed by atoms with Gasteiger partial charge in [0.2, 0.25) is 0 Å². The largest absolute Gasteiger partial charge is 0.308 e. The van der Waals surface area contributed by atoms with E-state index in [0.717, 1.165) is 0 Å². The summed E-state index contributed by atoms with van der Waals surface area (Å²) in [5.41, 5.74) is 12.6. The van der Waals surface area contributed by atoms with E-state index in [1.165, 1.54) is 110 Å². The molecule has 0 saturated heterocycles. The maximum absolute atomic E-state index is 2.54. The fourth-order valence-electron chi connectivity index (χ4n) is 9.24. The normalized spacial score (nSPS) is 12.4. The molecule has 1 aliphatic rings. The first-order valence-corrected chi connectivity index (χ1v) is 17.4. The first kappa shape index (κ1) is 26.3. The van der Waals surface area contributed by atoms with Gasteiger partial charge in [0.1, 0.15) is 0 Å². The molecule has 0 unspecified atom stereocenters. The second-order valence-electron chi connectivity index (χ2n) is 13.6. The summed E-state index contributed by atoms with van der Waals surface area (Å²) in [4.78, 5) is 0. The van der Waals surface area contributed by atoms with Crippen molar-refractivity contribution >= 4 is 75.9 Å². The van der Waals surface area contributed by atoms with E-state index < -0.39 is 0 Å². The number of nitrogens with zero attached hydrogens (tertiary/aromatic N) is 2. The van der Waals surface area contributed by atoms with Crippen molar-refractivity contribution in [1.82, 2.24) is 9.13 Å². The Morgan fingerprint density at radius 3 is 1.68 bits per heavy atom. The first-order valence-electron chi connectivity index (χ1n) is 17.4. The van der Waals surface area contributed by atoms with E-state index >= 15 is 0 Å². The highest BCUT2D eigenvalue weighted by Gasteiger charge is 2.27. The van der Waals surface area contributed by atoms with E-state index in [1.54, 1.807) is 0 Å². The minimum atomic E-state index is 1.19. The highest BCUT2D eigenvalue weighted by atomic mass is 15.0. The van der Waals surface area contributed by atoms with Crippen molar-refractivity contribution in [2.75, 3.05) is 0 Å². The van der Waals surface area contributed by atoms with Gasteiger partial charge >= 0.3 is 0 Å². The Hall–Kier alpha value is -6.64. The van der Waals surface area contributed by atoms with E-state index in [9.17, 15) is 0 Å². The zero-order valence-corrected chi connectivity index (χ0v) is 27.1. The van der Waals surface area contributed by atoms with Crippen molar-refractivity contribution < 1.29 is 0 Å². The molecule has 0 amide bonds. The molecular weight excluding hydrogens is 605 g/mol. The summed E-state index contributed by atoms with van der Waals surface area (Å²) < 4.78 is 5.09. The monoisotopic (exact) mass is 632 g/mol. The third kappa shape index (κ3) is 3.23. The predicted molar refractivity (Wildman–Crippen MR) is 212 cm³/mol. The minimum absolute atomic E-state index is 1.19.